The average molecular weight is 550 g/mol. The van der Waals surface area contributed by atoms with Gasteiger partial charge in [0.25, 0.3) is 5.91 Å². The highest BCUT2D eigenvalue weighted by Gasteiger charge is 2.26. The molecule has 182 valence electrons. The van der Waals surface area contributed by atoms with E-state index in [1.807, 2.05) is 6.07 Å². The van der Waals surface area contributed by atoms with Crippen LogP contribution in [-0.2, 0) is 22.4 Å². The van der Waals surface area contributed by atoms with E-state index >= 15 is 0 Å². The van der Waals surface area contributed by atoms with Crippen LogP contribution in [0.25, 0.3) is 0 Å². The molecule has 10 heteroatoms. The number of amides is 2. The molecule has 0 atom stereocenters. The number of esters is 1. The van der Waals surface area contributed by atoms with Crippen LogP contribution in [0, 0.1) is 0 Å². The van der Waals surface area contributed by atoms with Crippen molar-refractivity contribution in [3.8, 4) is 0 Å². The highest BCUT2D eigenvalue weighted by Crippen LogP contribution is 2.38. The van der Waals surface area contributed by atoms with Gasteiger partial charge in [0.2, 0.25) is 5.91 Å². The van der Waals surface area contributed by atoms with Crippen molar-refractivity contribution in [3.63, 3.8) is 0 Å². The van der Waals surface area contributed by atoms with Crippen molar-refractivity contribution in [3.05, 3.63) is 74.1 Å². The van der Waals surface area contributed by atoms with Gasteiger partial charge in [-0.3, -0.25) is 9.59 Å². The molecule has 0 saturated heterocycles. The van der Waals surface area contributed by atoms with Gasteiger partial charge in [0.1, 0.15) is 5.00 Å². The molecule has 6 nitrogen and oxygen atoms in total. The van der Waals surface area contributed by atoms with Crippen molar-refractivity contribution in [2.24, 2.45) is 0 Å². The fourth-order valence-electron chi connectivity index (χ4n) is 3.82. The Kier molecular flexibility index (Phi) is 8.38. The second-order valence-electron chi connectivity index (χ2n) is 7.85. The maximum Gasteiger partial charge on any atom is 0.341 e. The van der Waals surface area contributed by atoms with Gasteiger partial charge >= 0.3 is 5.97 Å². The number of aryl methyl sites for hydroxylation is 1. The fraction of sp³-hybridized carbons (Fsp3) is 0.240. The predicted molar refractivity (Wildman–Crippen MR) is 143 cm³/mol. The molecular formula is C25H22Cl2N2O4S2. The summed E-state index contributed by atoms with van der Waals surface area (Å²) in [5, 5.41) is 6.97. The minimum Gasteiger partial charge on any atom is -0.465 e. The zero-order valence-electron chi connectivity index (χ0n) is 18.8. The zero-order chi connectivity index (χ0) is 24.9. The largest absolute Gasteiger partial charge is 0.465 e. The summed E-state index contributed by atoms with van der Waals surface area (Å²) in [6.45, 7) is 0. The summed E-state index contributed by atoms with van der Waals surface area (Å²) >= 11 is 14.8. The number of thiophene rings is 1. The van der Waals surface area contributed by atoms with E-state index in [9.17, 15) is 14.4 Å². The first-order valence-electron chi connectivity index (χ1n) is 10.9. The molecule has 1 aliphatic carbocycles. The number of nitrogens with one attached hydrogen (secondary N) is 2. The topological polar surface area (TPSA) is 84.5 Å². The van der Waals surface area contributed by atoms with Crippen LogP contribution >= 0.6 is 46.3 Å². The normalized spacial score (nSPS) is 12.5. The molecular weight excluding hydrogens is 527 g/mol. The molecule has 0 saturated carbocycles. The van der Waals surface area contributed by atoms with E-state index < -0.39 is 5.97 Å². The highest BCUT2D eigenvalue weighted by atomic mass is 35.5. The van der Waals surface area contributed by atoms with E-state index in [1.54, 1.807) is 30.3 Å². The maximum atomic E-state index is 12.7. The summed E-state index contributed by atoms with van der Waals surface area (Å²) in [6.07, 6.45) is 3.83. The average Bonchev–Trinajstić information content (AvgIpc) is 3.20. The highest BCUT2D eigenvalue weighted by molar-refractivity contribution is 8.00. The molecule has 2 amide bonds. The number of carbonyl (C=O) groups is 3. The predicted octanol–water partition coefficient (Wildman–Crippen LogP) is 6.70. The number of thioether (sulfide) groups is 1. The summed E-state index contributed by atoms with van der Waals surface area (Å²) in [7, 11) is 1.35. The Hall–Kier alpha value is -2.52. The van der Waals surface area contributed by atoms with Crippen molar-refractivity contribution in [1.82, 2.24) is 0 Å². The monoisotopic (exact) mass is 548 g/mol. The Morgan fingerprint density at radius 1 is 1.06 bits per heavy atom. The number of carbonyl (C=O) groups excluding carboxylic acids is 3. The molecule has 4 rings (SSSR count). The first-order valence-corrected chi connectivity index (χ1v) is 13.4. The van der Waals surface area contributed by atoms with Crippen molar-refractivity contribution in [2.45, 2.75) is 30.6 Å². The quantitative estimate of drug-likeness (QED) is 0.253. The van der Waals surface area contributed by atoms with Crippen LogP contribution < -0.4 is 10.6 Å². The van der Waals surface area contributed by atoms with Crippen LogP contribution in [0.1, 0.15) is 44.0 Å². The number of halogens is 2. The summed E-state index contributed by atoms with van der Waals surface area (Å²) in [4.78, 5) is 39.6. The van der Waals surface area contributed by atoms with E-state index in [0.717, 1.165) is 41.0 Å². The number of hydrogen-bond donors (Lipinski definition) is 2. The van der Waals surface area contributed by atoms with Gasteiger partial charge in [-0.25, -0.2) is 4.79 Å². The number of anilines is 2. The maximum absolute atomic E-state index is 12.7. The van der Waals surface area contributed by atoms with Gasteiger partial charge in [0, 0.05) is 20.5 Å². The first-order chi connectivity index (χ1) is 16.9. The lowest BCUT2D eigenvalue weighted by Crippen LogP contribution is -2.16. The molecule has 0 spiro atoms. The number of methoxy groups -OCH3 is 1. The van der Waals surface area contributed by atoms with Gasteiger partial charge in [-0.1, -0.05) is 29.3 Å². The lowest BCUT2D eigenvalue weighted by atomic mass is 9.95. The number of rotatable bonds is 7. The van der Waals surface area contributed by atoms with E-state index in [1.165, 1.54) is 36.3 Å². The van der Waals surface area contributed by atoms with Gasteiger partial charge < -0.3 is 15.4 Å². The first kappa shape index (κ1) is 25.6. The van der Waals surface area contributed by atoms with Crippen LogP contribution in [0.4, 0.5) is 10.7 Å². The number of ether oxygens (including phenoxy) is 1. The van der Waals surface area contributed by atoms with E-state index in [-0.39, 0.29) is 22.6 Å². The summed E-state index contributed by atoms with van der Waals surface area (Å²) in [5.74, 6) is -0.856. The van der Waals surface area contributed by atoms with E-state index in [0.29, 0.717) is 26.8 Å². The lowest BCUT2D eigenvalue weighted by molar-refractivity contribution is -0.113. The molecule has 0 fully saturated rings. The molecule has 1 aliphatic rings. The molecule has 2 aromatic carbocycles. The van der Waals surface area contributed by atoms with Crippen LogP contribution in [0.15, 0.2) is 47.4 Å². The van der Waals surface area contributed by atoms with E-state index in [4.69, 9.17) is 27.9 Å². The van der Waals surface area contributed by atoms with Gasteiger partial charge in [0.05, 0.1) is 29.0 Å². The minimum absolute atomic E-state index is 0.142. The Morgan fingerprint density at radius 3 is 2.63 bits per heavy atom. The van der Waals surface area contributed by atoms with Crippen LogP contribution in [-0.4, -0.2) is 30.6 Å². The van der Waals surface area contributed by atoms with Crippen molar-refractivity contribution in [1.29, 1.82) is 0 Å². The standard InChI is InChI=1S/C25H22Cl2N2O4S2/c1-33-25(32)22-18-7-2-3-8-20(18)35-24(22)29-21(30)13-34-16-6-4-5-15(12-16)28-23(31)17-10-9-14(26)11-19(17)27/h4-6,9-12H,2-3,7-8,13H2,1H3,(H,28,31)(H,29,30). The summed E-state index contributed by atoms with van der Waals surface area (Å²) < 4.78 is 4.96. The third-order valence-electron chi connectivity index (χ3n) is 5.45. The Balaban J connectivity index is 1.39. The molecule has 0 bridgehead atoms. The smallest absolute Gasteiger partial charge is 0.341 e. The molecule has 35 heavy (non-hydrogen) atoms. The second-order valence-corrected chi connectivity index (χ2v) is 10.8. The third kappa shape index (κ3) is 6.19. The molecule has 0 unspecified atom stereocenters. The van der Waals surface area contributed by atoms with E-state index in [2.05, 4.69) is 10.6 Å². The SMILES string of the molecule is COC(=O)c1c(NC(=O)CSc2cccc(NC(=O)c3ccc(Cl)cc3Cl)c2)sc2c1CCCC2. The molecule has 0 aliphatic heterocycles. The number of hydrogen-bond acceptors (Lipinski definition) is 6. The van der Waals surface area contributed by atoms with Crippen molar-refractivity contribution in [2.75, 3.05) is 23.5 Å². The summed E-state index contributed by atoms with van der Waals surface area (Å²) in [5.41, 5.74) is 2.37. The zero-order valence-corrected chi connectivity index (χ0v) is 21.9. The minimum atomic E-state index is -0.420. The molecule has 1 aromatic heterocycles. The number of benzene rings is 2. The van der Waals surface area contributed by atoms with Crippen molar-refractivity contribution >= 4 is 74.8 Å². The Morgan fingerprint density at radius 2 is 1.86 bits per heavy atom. The lowest BCUT2D eigenvalue weighted by Gasteiger charge is -2.11. The van der Waals surface area contributed by atoms with Gasteiger partial charge in [-0.05, 0) is 67.6 Å². The second kappa shape index (κ2) is 11.5. The van der Waals surface area contributed by atoms with Crippen LogP contribution in [0.5, 0.6) is 0 Å². The molecule has 3 aromatic rings. The molecule has 0 radical (unpaired) electrons. The Bertz CT molecular complexity index is 1290. The number of fused-ring (bicyclic) bond motifs is 1. The third-order valence-corrected chi connectivity index (χ3v) is 8.20. The Labute approximate surface area is 221 Å². The fourth-order valence-corrected chi connectivity index (χ4v) is 6.36. The summed E-state index contributed by atoms with van der Waals surface area (Å²) in [6, 6.07) is 11.9. The molecule has 1 heterocycles. The van der Waals surface area contributed by atoms with Gasteiger partial charge in [-0.2, -0.15) is 0 Å². The van der Waals surface area contributed by atoms with Crippen LogP contribution in [0.3, 0.4) is 0 Å². The van der Waals surface area contributed by atoms with Crippen LogP contribution in [0.2, 0.25) is 10.0 Å². The van der Waals surface area contributed by atoms with Gasteiger partial charge in [0.15, 0.2) is 0 Å². The van der Waals surface area contributed by atoms with Crippen molar-refractivity contribution < 1.29 is 19.1 Å². The molecule has 2 N–H and O–H groups in total. The van der Waals surface area contributed by atoms with Gasteiger partial charge in [-0.15, -0.1) is 23.1 Å².